The van der Waals surface area contributed by atoms with Gasteiger partial charge in [0.1, 0.15) is 0 Å². The number of anilines is 1. The predicted octanol–water partition coefficient (Wildman–Crippen LogP) is 3.62. The van der Waals surface area contributed by atoms with Crippen LogP contribution in [0, 0.1) is 6.92 Å². The highest BCUT2D eigenvalue weighted by molar-refractivity contribution is 6.31. The zero-order chi connectivity index (χ0) is 10.8. The molecule has 0 spiro atoms. The minimum Gasteiger partial charge on any atom is -0.266 e. The second-order valence-corrected chi connectivity index (χ2v) is 4.40. The molecule has 1 aliphatic heterocycles. The molecule has 0 saturated heterocycles. The lowest BCUT2D eigenvalue weighted by Gasteiger charge is -2.24. The average molecular weight is 223 g/mol. The SMILES string of the molecule is CC1=NN(c2ccc(C)c(Cl)c2)CCC1. The Kier molecular flexibility index (Phi) is 2.96. The van der Waals surface area contributed by atoms with Crippen LogP contribution in [-0.2, 0) is 0 Å². The summed E-state index contributed by atoms with van der Waals surface area (Å²) in [4.78, 5) is 0. The van der Waals surface area contributed by atoms with Crippen molar-refractivity contribution in [2.45, 2.75) is 26.7 Å². The molecule has 0 fully saturated rings. The molecule has 0 aromatic heterocycles. The van der Waals surface area contributed by atoms with Crippen molar-refractivity contribution in [2.75, 3.05) is 11.6 Å². The molecule has 1 aromatic rings. The van der Waals surface area contributed by atoms with Gasteiger partial charge in [0.25, 0.3) is 0 Å². The molecule has 0 aliphatic carbocycles. The van der Waals surface area contributed by atoms with Crippen LogP contribution >= 0.6 is 11.6 Å². The Bertz CT molecular complexity index is 399. The molecule has 1 heterocycles. The number of nitrogens with zero attached hydrogens (tertiary/aromatic N) is 2. The number of rotatable bonds is 1. The first-order valence-electron chi connectivity index (χ1n) is 5.24. The lowest BCUT2D eigenvalue weighted by molar-refractivity contribution is 0.738. The van der Waals surface area contributed by atoms with Crippen molar-refractivity contribution in [1.82, 2.24) is 0 Å². The third-order valence-electron chi connectivity index (χ3n) is 2.65. The zero-order valence-electron chi connectivity index (χ0n) is 9.13. The van der Waals surface area contributed by atoms with Crippen LogP contribution < -0.4 is 5.01 Å². The quantitative estimate of drug-likeness (QED) is 0.709. The fourth-order valence-corrected chi connectivity index (χ4v) is 1.89. The van der Waals surface area contributed by atoms with Gasteiger partial charge >= 0.3 is 0 Å². The third kappa shape index (κ3) is 2.32. The van der Waals surface area contributed by atoms with E-state index in [1.165, 1.54) is 12.1 Å². The largest absolute Gasteiger partial charge is 0.266 e. The Labute approximate surface area is 95.5 Å². The summed E-state index contributed by atoms with van der Waals surface area (Å²) in [5, 5.41) is 7.36. The van der Waals surface area contributed by atoms with E-state index in [2.05, 4.69) is 18.1 Å². The molecular weight excluding hydrogens is 208 g/mol. The van der Waals surface area contributed by atoms with Gasteiger partial charge in [0.05, 0.1) is 5.69 Å². The normalized spacial score (nSPS) is 16.5. The number of hydrogen-bond acceptors (Lipinski definition) is 2. The summed E-state index contributed by atoms with van der Waals surface area (Å²) in [5.74, 6) is 0. The first-order chi connectivity index (χ1) is 7.16. The number of hydrogen-bond donors (Lipinski definition) is 0. The van der Waals surface area contributed by atoms with E-state index in [0.717, 1.165) is 29.2 Å². The van der Waals surface area contributed by atoms with Crippen molar-refractivity contribution in [3.05, 3.63) is 28.8 Å². The van der Waals surface area contributed by atoms with Crippen LogP contribution in [0.25, 0.3) is 0 Å². The molecule has 80 valence electrons. The predicted molar refractivity (Wildman–Crippen MR) is 65.9 cm³/mol. The van der Waals surface area contributed by atoms with Gasteiger partial charge in [0, 0.05) is 17.3 Å². The van der Waals surface area contributed by atoms with Gasteiger partial charge < -0.3 is 0 Å². The van der Waals surface area contributed by atoms with E-state index in [4.69, 9.17) is 11.6 Å². The molecule has 0 saturated carbocycles. The lowest BCUT2D eigenvalue weighted by Crippen LogP contribution is -2.24. The molecule has 0 radical (unpaired) electrons. The number of benzene rings is 1. The Hall–Kier alpha value is -1.02. The van der Waals surface area contributed by atoms with E-state index in [0.29, 0.717) is 0 Å². The highest BCUT2D eigenvalue weighted by Crippen LogP contribution is 2.25. The summed E-state index contributed by atoms with van der Waals surface area (Å²) in [5.41, 5.74) is 3.39. The first-order valence-corrected chi connectivity index (χ1v) is 5.62. The van der Waals surface area contributed by atoms with Crippen LogP contribution in [0.15, 0.2) is 23.3 Å². The van der Waals surface area contributed by atoms with Crippen molar-refractivity contribution in [1.29, 1.82) is 0 Å². The Balaban J connectivity index is 2.29. The second-order valence-electron chi connectivity index (χ2n) is 4.00. The maximum atomic E-state index is 6.09. The van der Waals surface area contributed by atoms with Gasteiger partial charge in [-0.2, -0.15) is 5.10 Å². The minimum absolute atomic E-state index is 0.811. The van der Waals surface area contributed by atoms with Gasteiger partial charge in [-0.15, -0.1) is 0 Å². The molecule has 0 bridgehead atoms. The smallest absolute Gasteiger partial charge is 0.0608 e. The van der Waals surface area contributed by atoms with Gasteiger partial charge in [0.2, 0.25) is 0 Å². The summed E-state index contributed by atoms with van der Waals surface area (Å²) in [6.07, 6.45) is 2.27. The Morgan fingerprint density at radius 2 is 2.13 bits per heavy atom. The van der Waals surface area contributed by atoms with Crippen molar-refractivity contribution in [2.24, 2.45) is 5.10 Å². The third-order valence-corrected chi connectivity index (χ3v) is 3.06. The van der Waals surface area contributed by atoms with E-state index in [-0.39, 0.29) is 0 Å². The maximum Gasteiger partial charge on any atom is 0.0608 e. The van der Waals surface area contributed by atoms with E-state index in [1.807, 2.05) is 24.1 Å². The van der Waals surface area contributed by atoms with Crippen LogP contribution in [-0.4, -0.2) is 12.3 Å². The summed E-state index contributed by atoms with van der Waals surface area (Å²) < 4.78 is 0. The van der Waals surface area contributed by atoms with Crippen LogP contribution in [0.5, 0.6) is 0 Å². The molecule has 2 nitrogen and oxygen atoms in total. The van der Waals surface area contributed by atoms with Crippen molar-refractivity contribution in [3.63, 3.8) is 0 Å². The van der Waals surface area contributed by atoms with Crippen LogP contribution in [0.2, 0.25) is 5.02 Å². The maximum absolute atomic E-state index is 6.09. The van der Waals surface area contributed by atoms with Gasteiger partial charge in [-0.25, -0.2) is 0 Å². The Morgan fingerprint density at radius 1 is 1.33 bits per heavy atom. The number of aryl methyl sites for hydroxylation is 1. The molecule has 0 N–H and O–H groups in total. The molecule has 0 atom stereocenters. The molecule has 3 heteroatoms. The van der Waals surface area contributed by atoms with Crippen molar-refractivity contribution in [3.8, 4) is 0 Å². The molecule has 15 heavy (non-hydrogen) atoms. The van der Waals surface area contributed by atoms with Gasteiger partial charge in [-0.05, 0) is 44.4 Å². The fourth-order valence-electron chi connectivity index (χ4n) is 1.72. The molecule has 1 aromatic carbocycles. The van der Waals surface area contributed by atoms with Gasteiger partial charge in [-0.1, -0.05) is 17.7 Å². The summed E-state index contributed by atoms with van der Waals surface area (Å²) in [6, 6.07) is 6.10. The molecular formula is C12H15ClN2. The standard InChI is InChI=1S/C12H15ClN2/c1-9-5-6-11(8-12(9)13)15-7-3-4-10(2)14-15/h5-6,8H,3-4,7H2,1-2H3. The molecule has 0 unspecified atom stereocenters. The second kappa shape index (κ2) is 4.23. The first kappa shape index (κ1) is 10.5. The molecule has 1 aliphatic rings. The Morgan fingerprint density at radius 3 is 2.80 bits per heavy atom. The molecule has 0 amide bonds. The van der Waals surface area contributed by atoms with E-state index in [1.54, 1.807) is 0 Å². The number of hydrazone groups is 1. The van der Waals surface area contributed by atoms with Crippen molar-refractivity contribution >= 4 is 23.0 Å². The van der Waals surface area contributed by atoms with E-state index in [9.17, 15) is 0 Å². The average Bonchev–Trinajstić information content (AvgIpc) is 2.22. The number of halogens is 1. The van der Waals surface area contributed by atoms with Crippen LogP contribution in [0.4, 0.5) is 5.69 Å². The van der Waals surface area contributed by atoms with Gasteiger partial charge in [0.15, 0.2) is 0 Å². The zero-order valence-corrected chi connectivity index (χ0v) is 9.88. The topological polar surface area (TPSA) is 15.6 Å². The summed E-state index contributed by atoms with van der Waals surface area (Å²) in [7, 11) is 0. The highest BCUT2D eigenvalue weighted by Gasteiger charge is 2.11. The minimum atomic E-state index is 0.811. The monoisotopic (exact) mass is 222 g/mol. The highest BCUT2D eigenvalue weighted by atomic mass is 35.5. The van der Waals surface area contributed by atoms with Crippen molar-refractivity contribution < 1.29 is 0 Å². The van der Waals surface area contributed by atoms with E-state index < -0.39 is 0 Å². The summed E-state index contributed by atoms with van der Waals surface area (Å²) >= 11 is 6.09. The molecule has 2 rings (SSSR count). The summed E-state index contributed by atoms with van der Waals surface area (Å²) in [6.45, 7) is 5.07. The fraction of sp³-hybridized carbons (Fsp3) is 0.417. The van der Waals surface area contributed by atoms with Crippen LogP contribution in [0.1, 0.15) is 25.3 Å². The van der Waals surface area contributed by atoms with E-state index >= 15 is 0 Å². The van der Waals surface area contributed by atoms with Crippen LogP contribution in [0.3, 0.4) is 0 Å². The lowest BCUT2D eigenvalue weighted by atomic mass is 10.2. The van der Waals surface area contributed by atoms with Gasteiger partial charge in [-0.3, -0.25) is 5.01 Å².